The first-order chi connectivity index (χ1) is 14.9. The van der Waals surface area contributed by atoms with Crippen LogP contribution < -0.4 is 10.2 Å². The Morgan fingerprint density at radius 3 is 2.55 bits per heavy atom. The number of hydrogen-bond acceptors (Lipinski definition) is 6. The number of anilines is 1. The van der Waals surface area contributed by atoms with Gasteiger partial charge in [-0.15, -0.1) is 12.3 Å². The van der Waals surface area contributed by atoms with Crippen LogP contribution in [-0.4, -0.2) is 52.9 Å². The minimum absolute atomic E-state index is 0.0438. The summed E-state index contributed by atoms with van der Waals surface area (Å²) in [4.78, 5) is 25.5. The summed E-state index contributed by atoms with van der Waals surface area (Å²) < 4.78 is 0. The zero-order valence-electron chi connectivity index (χ0n) is 18.1. The van der Waals surface area contributed by atoms with Crippen molar-refractivity contribution in [3.8, 4) is 12.3 Å². The lowest BCUT2D eigenvalue weighted by atomic mass is 9.96. The Labute approximate surface area is 183 Å². The highest BCUT2D eigenvalue weighted by molar-refractivity contribution is 6.01. The summed E-state index contributed by atoms with van der Waals surface area (Å²) in [7, 11) is 0. The van der Waals surface area contributed by atoms with Crippen LogP contribution in [0.3, 0.4) is 0 Å². The standard InChI is InChI=1S/C19H24N4O4.C4H6/c1-2-21-23-12-14-13(18(26)17(23)19(27)20-11-16(24)25)7-6-8-15(14)22-9-4-3-5-10-22;1-3-4-2/h2,6-8,26H,3-5,9-12H2,1H3,(H,20,27)(H,24,25);1H,4H2,2H3/b21-2-;. The summed E-state index contributed by atoms with van der Waals surface area (Å²) in [6.45, 7) is 5.38. The summed E-state index contributed by atoms with van der Waals surface area (Å²) in [6.07, 6.45) is 10.6. The number of rotatable bonds is 5. The SMILES string of the molecule is C#CCC.C/C=N\N1Cc2c(cccc2N2CCCCC2)C(O)=C1C(=O)NCC(=O)O. The molecular formula is C23H30N4O4. The fourth-order valence-electron chi connectivity index (χ4n) is 3.57. The zero-order valence-corrected chi connectivity index (χ0v) is 18.1. The maximum absolute atomic E-state index is 12.5. The number of benzene rings is 1. The third kappa shape index (κ3) is 6.01. The molecular weight excluding hydrogens is 396 g/mol. The normalized spacial score (nSPS) is 15.6. The highest BCUT2D eigenvalue weighted by atomic mass is 16.4. The largest absolute Gasteiger partial charge is 0.505 e. The summed E-state index contributed by atoms with van der Waals surface area (Å²) in [5.41, 5.74) is 2.50. The predicted molar refractivity (Wildman–Crippen MR) is 122 cm³/mol. The number of amides is 1. The number of carboxylic acid groups (broad SMARTS) is 1. The van der Waals surface area contributed by atoms with Crippen molar-refractivity contribution in [2.24, 2.45) is 5.10 Å². The van der Waals surface area contributed by atoms with Gasteiger partial charge in [-0.2, -0.15) is 5.10 Å². The summed E-state index contributed by atoms with van der Waals surface area (Å²) in [5, 5.41) is 27.5. The lowest BCUT2D eigenvalue weighted by Crippen LogP contribution is -2.38. The number of aliphatic hydroxyl groups excluding tert-OH is 1. The van der Waals surface area contributed by atoms with Crippen molar-refractivity contribution >= 4 is 29.5 Å². The Hall–Kier alpha value is -3.47. The molecule has 1 amide bonds. The van der Waals surface area contributed by atoms with Crippen LogP contribution in [-0.2, 0) is 16.1 Å². The van der Waals surface area contributed by atoms with Gasteiger partial charge in [-0.3, -0.25) is 14.6 Å². The van der Waals surface area contributed by atoms with Gasteiger partial charge in [0.1, 0.15) is 6.54 Å². The lowest BCUT2D eigenvalue weighted by Gasteiger charge is -2.35. The molecule has 0 bridgehead atoms. The van der Waals surface area contributed by atoms with Gasteiger partial charge in [0.05, 0.1) is 6.54 Å². The van der Waals surface area contributed by atoms with E-state index in [1.54, 1.807) is 13.0 Å². The highest BCUT2D eigenvalue weighted by Gasteiger charge is 2.32. The number of aliphatic carboxylic acids is 1. The molecule has 1 aromatic carbocycles. The molecule has 1 saturated heterocycles. The van der Waals surface area contributed by atoms with E-state index < -0.39 is 18.4 Å². The second kappa shape index (κ2) is 11.6. The van der Waals surface area contributed by atoms with Gasteiger partial charge in [0.15, 0.2) is 11.5 Å². The van der Waals surface area contributed by atoms with Gasteiger partial charge >= 0.3 is 5.97 Å². The van der Waals surface area contributed by atoms with E-state index in [0.29, 0.717) is 12.1 Å². The van der Waals surface area contributed by atoms with E-state index in [-0.39, 0.29) is 11.5 Å². The molecule has 0 atom stereocenters. The van der Waals surface area contributed by atoms with E-state index in [9.17, 15) is 14.7 Å². The smallest absolute Gasteiger partial charge is 0.322 e. The average molecular weight is 427 g/mol. The van der Waals surface area contributed by atoms with E-state index in [0.717, 1.165) is 43.6 Å². The number of nitrogens with one attached hydrogen (secondary N) is 1. The summed E-state index contributed by atoms with van der Waals surface area (Å²) in [5.74, 6) is 0.413. The van der Waals surface area contributed by atoms with Crippen LogP contribution >= 0.6 is 0 Å². The maximum atomic E-state index is 12.5. The first-order valence-corrected chi connectivity index (χ1v) is 10.4. The van der Waals surface area contributed by atoms with Gasteiger partial charge in [0, 0.05) is 42.5 Å². The van der Waals surface area contributed by atoms with Gasteiger partial charge in [-0.05, 0) is 32.3 Å². The molecule has 3 rings (SSSR count). The summed E-state index contributed by atoms with van der Waals surface area (Å²) >= 11 is 0. The molecule has 8 nitrogen and oxygen atoms in total. The molecule has 166 valence electrons. The Morgan fingerprint density at radius 2 is 1.97 bits per heavy atom. The molecule has 8 heteroatoms. The van der Waals surface area contributed by atoms with E-state index in [4.69, 9.17) is 11.5 Å². The molecule has 1 aromatic rings. The average Bonchev–Trinajstić information content (AvgIpc) is 2.78. The van der Waals surface area contributed by atoms with Crippen molar-refractivity contribution in [1.29, 1.82) is 0 Å². The maximum Gasteiger partial charge on any atom is 0.322 e. The van der Waals surface area contributed by atoms with Crippen molar-refractivity contribution in [3.05, 3.63) is 35.0 Å². The van der Waals surface area contributed by atoms with Crippen molar-refractivity contribution in [1.82, 2.24) is 10.3 Å². The number of carbonyl (C=O) groups excluding carboxylic acids is 1. The van der Waals surface area contributed by atoms with Gasteiger partial charge < -0.3 is 20.4 Å². The van der Waals surface area contributed by atoms with Crippen molar-refractivity contribution in [3.63, 3.8) is 0 Å². The number of carboxylic acids is 1. The molecule has 1 fully saturated rings. The van der Waals surface area contributed by atoms with Crippen molar-refractivity contribution in [2.75, 3.05) is 24.5 Å². The number of hydrogen-bond donors (Lipinski definition) is 3. The van der Waals surface area contributed by atoms with E-state index in [1.165, 1.54) is 17.6 Å². The van der Waals surface area contributed by atoms with Crippen LogP contribution in [0.5, 0.6) is 0 Å². The van der Waals surface area contributed by atoms with Gasteiger partial charge in [0.25, 0.3) is 5.91 Å². The van der Waals surface area contributed by atoms with Crippen LogP contribution in [0.1, 0.15) is 50.7 Å². The molecule has 0 aromatic heterocycles. The topological polar surface area (TPSA) is 105 Å². The summed E-state index contributed by atoms with van der Waals surface area (Å²) in [6, 6.07) is 5.67. The van der Waals surface area contributed by atoms with Crippen LogP contribution in [0.25, 0.3) is 5.76 Å². The van der Waals surface area contributed by atoms with Crippen LogP contribution in [0.4, 0.5) is 5.69 Å². The Balaban J connectivity index is 0.000000785. The number of hydrazone groups is 1. The monoisotopic (exact) mass is 426 g/mol. The molecule has 0 saturated carbocycles. The van der Waals surface area contributed by atoms with E-state index >= 15 is 0 Å². The second-order valence-electron chi connectivity index (χ2n) is 7.11. The molecule has 0 aliphatic carbocycles. The van der Waals surface area contributed by atoms with Gasteiger partial charge in [-0.25, -0.2) is 0 Å². The molecule has 2 heterocycles. The van der Waals surface area contributed by atoms with E-state index in [1.807, 2.05) is 19.1 Å². The third-order valence-electron chi connectivity index (χ3n) is 4.97. The van der Waals surface area contributed by atoms with Crippen molar-refractivity contribution in [2.45, 2.75) is 46.1 Å². The minimum atomic E-state index is -1.16. The Bertz CT molecular complexity index is 895. The van der Waals surface area contributed by atoms with Crippen LogP contribution in [0, 0.1) is 12.3 Å². The number of piperidine rings is 1. The van der Waals surface area contributed by atoms with Crippen LogP contribution in [0.2, 0.25) is 0 Å². The fourth-order valence-corrected chi connectivity index (χ4v) is 3.57. The number of terminal acetylenes is 1. The number of nitrogens with zero attached hydrogens (tertiary/aromatic N) is 3. The van der Waals surface area contributed by atoms with E-state index in [2.05, 4.69) is 21.2 Å². The van der Waals surface area contributed by atoms with Gasteiger partial charge in [-0.1, -0.05) is 19.1 Å². The predicted octanol–water partition coefficient (Wildman–Crippen LogP) is 2.96. The molecule has 0 unspecified atom stereocenters. The first-order valence-electron chi connectivity index (χ1n) is 10.4. The second-order valence-corrected chi connectivity index (χ2v) is 7.11. The number of fused-ring (bicyclic) bond motifs is 1. The third-order valence-corrected chi connectivity index (χ3v) is 4.97. The number of aliphatic hydroxyl groups is 1. The molecule has 2 aliphatic heterocycles. The number of carbonyl (C=O) groups is 2. The lowest BCUT2D eigenvalue weighted by molar-refractivity contribution is -0.137. The fraction of sp³-hybridized carbons (Fsp3) is 0.435. The van der Waals surface area contributed by atoms with Crippen molar-refractivity contribution < 1.29 is 19.8 Å². The Kier molecular flexibility index (Phi) is 8.94. The molecule has 0 radical (unpaired) electrons. The molecule has 0 spiro atoms. The molecule has 3 N–H and O–H groups in total. The zero-order chi connectivity index (χ0) is 22.8. The molecule has 31 heavy (non-hydrogen) atoms. The quantitative estimate of drug-likeness (QED) is 0.494. The highest BCUT2D eigenvalue weighted by Crippen LogP contribution is 2.37. The Morgan fingerprint density at radius 1 is 1.29 bits per heavy atom. The minimum Gasteiger partial charge on any atom is -0.505 e. The first kappa shape index (κ1) is 23.8. The van der Waals surface area contributed by atoms with Crippen LogP contribution in [0.15, 0.2) is 29.0 Å². The van der Waals surface area contributed by atoms with Gasteiger partial charge in [0.2, 0.25) is 0 Å². The molecule has 2 aliphatic rings.